The minimum absolute atomic E-state index is 0.0545. The Kier molecular flexibility index (Phi) is 6.01. The number of imide groups is 1. The van der Waals surface area contributed by atoms with Gasteiger partial charge in [0.25, 0.3) is 5.91 Å². The van der Waals surface area contributed by atoms with Crippen molar-refractivity contribution in [1.82, 2.24) is 20.4 Å². The Morgan fingerprint density at radius 3 is 2.63 bits per heavy atom. The van der Waals surface area contributed by atoms with Crippen molar-refractivity contribution in [3.63, 3.8) is 0 Å². The monoisotopic (exact) mass is 418 g/mol. The topological polar surface area (TPSA) is 91.0 Å². The highest BCUT2D eigenvalue weighted by atomic mass is 19.1. The number of hydrogen-bond acceptors (Lipinski definition) is 5. The zero-order valence-corrected chi connectivity index (χ0v) is 16.9. The summed E-state index contributed by atoms with van der Waals surface area (Å²) in [6.45, 7) is 2.76. The van der Waals surface area contributed by atoms with Gasteiger partial charge in [0, 0.05) is 26.2 Å². The number of carbonyl (C=O) groups is 3. The Labute approximate surface area is 174 Å². The van der Waals surface area contributed by atoms with Crippen LogP contribution >= 0.6 is 0 Å². The van der Waals surface area contributed by atoms with Crippen molar-refractivity contribution < 1.29 is 23.5 Å². The van der Waals surface area contributed by atoms with Gasteiger partial charge in [-0.25, -0.2) is 9.18 Å². The van der Waals surface area contributed by atoms with Crippen LogP contribution in [0.15, 0.2) is 24.3 Å². The van der Waals surface area contributed by atoms with Gasteiger partial charge in [-0.05, 0) is 43.4 Å². The highest BCUT2D eigenvalue weighted by Crippen LogP contribution is 2.30. The summed E-state index contributed by atoms with van der Waals surface area (Å²) in [5.74, 6) is -0.667. The molecule has 4 rings (SSSR count). The lowest BCUT2D eigenvalue weighted by Gasteiger charge is -2.37. The van der Waals surface area contributed by atoms with Crippen molar-refractivity contribution in [1.29, 1.82) is 0 Å². The van der Waals surface area contributed by atoms with Crippen LogP contribution in [0.1, 0.15) is 31.2 Å². The van der Waals surface area contributed by atoms with E-state index in [0.717, 1.165) is 19.4 Å². The molecule has 9 heteroatoms. The number of hydrogen-bond donors (Lipinski definition) is 2. The first-order valence-corrected chi connectivity index (χ1v) is 10.4. The summed E-state index contributed by atoms with van der Waals surface area (Å²) in [7, 11) is 0. The molecule has 3 fully saturated rings. The maximum absolute atomic E-state index is 13.1. The van der Waals surface area contributed by atoms with Crippen molar-refractivity contribution in [2.24, 2.45) is 0 Å². The lowest BCUT2D eigenvalue weighted by Crippen LogP contribution is -2.56. The Hall–Kier alpha value is -2.52. The number of carbonyl (C=O) groups excluding carboxylic acids is 3. The largest absolute Gasteiger partial charge is 0.376 e. The number of likely N-dealkylation sites (tertiary alicyclic amines) is 1. The predicted octanol–water partition coefficient (Wildman–Crippen LogP) is 1.01. The second kappa shape index (κ2) is 8.69. The molecule has 30 heavy (non-hydrogen) atoms. The lowest BCUT2D eigenvalue weighted by molar-refractivity contribution is -0.133. The first-order chi connectivity index (χ1) is 14.4. The van der Waals surface area contributed by atoms with Crippen LogP contribution in [0.5, 0.6) is 0 Å². The van der Waals surface area contributed by atoms with Gasteiger partial charge in [0.15, 0.2) is 0 Å². The molecule has 0 aliphatic carbocycles. The third-order valence-electron chi connectivity index (χ3n) is 6.13. The van der Waals surface area contributed by atoms with Crippen molar-refractivity contribution in [2.75, 3.05) is 32.8 Å². The maximum atomic E-state index is 13.1. The number of nitrogens with zero attached hydrogens (tertiary/aromatic N) is 2. The van der Waals surface area contributed by atoms with Gasteiger partial charge in [0.1, 0.15) is 11.4 Å². The standard InChI is InChI=1S/C21H27FN4O4/c22-16-5-3-15(4-6-16)13-26-19(28)21(24-20(26)29)7-9-25(10-8-21)14-18(27)23-12-17-2-1-11-30-17/h3-6,17H,1-2,7-14H2,(H,23,27)(H,24,29)/t17-/m1/s1. The number of urea groups is 1. The van der Waals surface area contributed by atoms with Gasteiger partial charge in [-0.3, -0.25) is 19.4 Å². The number of rotatable bonds is 6. The molecular weight excluding hydrogens is 391 g/mol. The molecule has 0 unspecified atom stereocenters. The van der Waals surface area contributed by atoms with Crippen LogP contribution in [-0.4, -0.2) is 72.1 Å². The van der Waals surface area contributed by atoms with E-state index in [0.29, 0.717) is 38.0 Å². The zero-order valence-electron chi connectivity index (χ0n) is 16.9. The molecule has 0 aromatic heterocycles. The fraction of sp³-hybridized carbons (Fsp3) is 0.571. The summed E-state index contributed by atoms with van der Waals surface area (Å²) in [6.07, 6.45) is 3.03. The van der Waals surface area contributed by atoms with E-state index in [9.17, 15) is 18.8 Å². The van der Waals surface area contributed by atoms with E-state index in [-0.39, 0.29) is 36.8 Å². The third kappa shape index (κ3) is 4.46. The molecule has 3 aliphatic rings. The van der Waals surface area contributed by atoms with E-state index in [1.54, 1.807) is 12.1 Å². The highest BCUT2D eigenvalue weighted by molar-refractivity contribution is 6.07. The van der Waals surface area contributed by atoms with Gasteiger partial charge < -0.3 is 15.4 Å². The van der Waals surface area contributed by atoms with Crippen LogP contribution in [-0.2, 0) is 20.9 Å². The molecule has 0 saturated carbocycles. The minimum atomic E-state index is -0.915. The molecule has 0 bridgehead atoms. The fourth-order valence-corrected chi connectivity index (χ4v) is 4.32. The predicted molar refractivity (Wildman–Crippen MR) is 106 cm³/mol. The van der Waals surface area contributed by atoms with Crippen LogP contribution in [0.4, 0.5) is 9.18 Å². The molecule has 1 atom stereocenters. The molecule has 3 saturated heterocycles. The second-order valence-corrected chi connectivity index (χ2v) is 8.25. The SMILES string of the molecule is O=C(CN1CCC2(CC1)NC(=O)N(Cc1ccc(F)cc1)C2=O)NC[C@H]1CCCO1. The van der Waals surface area contributed by atoms with Crippen molar-refractivity contribution in [3.05, 3.63) is 35.6 Å². The zero-order chi connectivity index (χ0) is 21.1. The number of piperidine rings is 1. The van der Waals surface area contributed by atoms with E-state index in [2.05, 4.69) is 10.6 Å². The van der Waals surface area contributed by atoms with Gasteiger partial charge in [-0.2, -0.15) is 0 Å². The van der Waals surface area contributed by atoms with E-state index in [1.165, 1.54) is 17.0 Å². The summed E-state index contributed by atoms with van der Waals surface area (Å²) in [5, 5.41) is 5.77. The van der Waals surface area contributed by atoms with Gasteiger partial charge >= 0.3 is 6.03 Å². The molecule has 0 radical (unpaired) electrons. The van der Waals surface area contributed by atoms with Crippen LogP contribution in [0.2, 0.25) is 0 Å². The summed E-state index contributed by atoms with van der Waals surface area (Å²) >= 11 is 0. The summed E-state index contributed by atoms with van der Waals surface area (Å²) in [5.41, 5.74) is -0.223. The van der Waals surface area contributed by atoms with Crippen molar-refractivity contribution >= 4 is 17.8 Å². The van der Waals surface area contributed by atoms with Crippen LogP contribution < -0.4 is 10.6 Å². The van der Waals surface area contributed by atoms with Crippen LogP contribution in [0.25, 0.3) is 0 Å². The molecule has 3 aliphatic heterocycles. The van der Waals surface area contributed by atoms with Crippen molar-refractivity contribution in [3.8, 4) is 0 Å². The minimum Gasteiger partial charge on any atom is -0.376 e. The lowest BCUT2D eigenvalue weighted by atomic mass is 9.87. The maximum Gasteiger partial charge on any atom is 0.325 e. The summed E-state index contributed by atoms with van der Waals surface area (Å²) < 4.78 is 18.6. The Balaban J connectivity index is 1.28. The van der Waals surface area contributed by atoms with Crippen LogP contribution in [0, 0.1) is 5.82 Å². The molecule has 1 spiro atoms. The van der Waals surface area contributed by atoms with Crippen molar-refractivity contribution in [2.45, 2.75) is 43.9 Å². The molecule has 2 N–H and O–H groups in total. The first-order valence-electron chi connectivity index (χ1n) is 10.4. The molecule has 3 heterocycles. The van der Waals surface area contributed by atoms with Gasteiger partial charge in [-0.1, -0.05) is 12.1 Å². The van der Waals surface area contributed by atoms with Gasteiger partial charge in [0.05, 0.1) is 19.2 Å². The van der Waals surface area contributed by atoms with Crippen LogP contribution in [0.3, 0.4) is 0 Å². The molecule has 4 amide bonds. The normalized spacial score (nSPS) is 23.8. The Morgan fingerprint density at radius 1 is 1.23 bits per heavy atom. The number of benzene rings is 1. The quantitative estimate of drug-likeness (QED) is 0.673. The van der Waals surface area contributed by atoms with E-state index < -0.39 is 11.6 Å². The molecule has 162 valence electrons. The fourth-order valence-electron chi connectivity index (χ4n) is 4.32. The average molecular weight is 418 g/mol. The average Bonchev–Trinajstić information content (AvgIpc) is 3.33. The summed E-state index contributed by atoms with van der Waals surface area (Å²) in [6, 6.07) is 5.34. The molecule has 1 aromatic rings. The second-order valence-electron chi connectivity index (χ2n) is 8.25. The smallest absolute Gasteiger partial charge is 0.325 e. The first kappa shape index (κ1) is 20.7. The van der Waals surface area contributed by atoms with E-state index in [4.69, 9.17) is 4.74 Å². The van der Waals surface area contributed by atoms with Gasteiger partial charge in [0.2, 0.25) is 5.91 Å². The Bertz CT molecular complexity index is 802. The Morgan fingerprint density at radius 2 is 1.97 bits per heavy atom. The number of nitrogens with one attached hydrogen (secondary N) is 2. The molecular formula is C21H27FN4O4. The highest BCUT2D eigenvalue weighted by Gasteiger charge is 2.52. The number of amides is 4. The number of halogens is 1. The molecule has 1 aromatic carbocycles. The number of ether oxygens (including phenoxy) is 1. The van der Waals surface area contributed by atoms with E-state index >= 15 is 0 Å². The van der Waals surface area contributed by atoms with E-state index in [1.807, 2.05) is 4.90 Å². The van der Waals surface area contributed by atoms with Gasteiger partial charge in [-0.15, -0.1) is 0 Å². The third-order valence-corrected chi connectivity index (χ3v) is 6.13. The molecule has 8 nitrogen and oxygen atoms in total. The summed E-state index contributed by atoms with van der Waals surface area (Å²) in [4.78, 5) is 40.8.